The molecule has 1 heterocycles. The predicted octanol–water partition coefficient (Wildman–Crippen LogP) is 1.03. The molecule has 1 saturated heterocycles. The van der Waals surface area contributed by atoms with E-state index in [-0.39, 0.29) is 29.4 Å². The fourth-order valence-electron chi connectivity index (χ4n) is 3.23. The van der Waals surface area contributed by atoms with Crippen molar-refractivity contribution in [3.63, 3.8) is 0 Å². The van der Waals surface area contributed by atoms with E-state index in [1.807, 2.05) is 24.3 Å². The summed E-state index contributed by atoms with van der Waals surface area (Å²) in [6.07, 6.45) is 0.993. The molecule has 150 valence electrons. The molecule has 1 aliphatic rings. The second-order valence-electron chi connectivity index (χ2n) is 7.42. The van der Waals surface area contributed by atoms with E-state index in [1.54, 1.807) is 28.0 Å². The molecule has 0 aliphatic carbocycles. The first-order chi connectivity index (χ1) is 12.6. The Hall–Kier alpha value is -2.09. The lowest BCUT2D eigenvalue weighted by molar-refractivity contribution is -0.148. The van der Waals surface area contributed by atoms with Crippen LogP contribution in [0.4, 0.5) is 0 Å². The number of rotatable bonds is 7. The first-order valence-electron chi connectivity index (χ1n) is 8.96. The van der Waals surface area contributed by atoms with Gasteiger partial charge in [0.15, 0.2) is 9.84 Å². The van der Waals surface area contributed by atoms with Crippen molar-refractivity contribution in [2.24, 2.45) is 5.41 Å². The van der Waals surface area contributed by atoms with Gasteiger partial charge >= 0.3 is 0 Å². The number of nitrogens with one attached hydrogen (secondary N) is 1. The van der Waals surface area contributed by atoms with E-state index >= 15 is 0 Å². The van der Waals surface area contributed by atoms with Gasteiger partial charge in [-0.1, -0.05) is 18.2 Å². The maximum atomic E-state index is 12.8. The van der Waals surface area contributed by atoms with E-state index in [2.05, 4.69) is 5.32 Å². The molecular formula is C19H28N2O5S. The van der Waals surface area contributed by atoms with Gasteiger partial charge in [0.2, 0.25) is 11.8 Å². The lowest BCUT2D eigenvalue weighted by atomic mass is 9.89. The van der Waals surface area contributed by atoms with E-state index < -0.39 is 15.3 Å². The van der Waals surface area contributed by atoms with Crippen molar-refractivity contribution in [1.82, 2.24) is 10.2 Å². The number of ether oxygens (including phenoxy) is 1. The SMILES string of the molecule is COc1ccccc1CCNC(=O)C(C)(C)C(=O)N(C)C1CCS(=O)(=O)C1. The number of nitrogens with zero attached hydrogens (tertiary/aromatic N) is 1. The Balaban J connectivity index is 1.94. The summed E-state index contributed by atoms with van der Waals surface area (Å²) in [5.74, 6) is 0.0421. The molecule has 0 bridgehead atoms. The van der Waals surface area contributed by atoms with Gasteiger partial charge in [-0.25, -0.2) is 8.42 Å². The zero-order valence-corrected chi connectivity index (χ0v) is 17.1. The summed E-state index contributed by atoms with van der Waals surface area (Å²) >= 11 is 0. The highest BCUT2D eigenvalue weighted by Crippen LogP contribution is 2.24. The van der Waals surface area contributed by atoms with Crippen LogP contribution in [0.25, 0.3) is 0 Å². The van der Waals surface area contributed by atoms with Crippen molar-refractivity contribution in [3.8, 4) is 5.75 Å². The smallest absolute Gasteiger partial charge is 0.237 e. The number of para-hydroxylation sites is 1. The molecule has 0 spiro atoms. The molecule has 8 heteroatoms. The van der Waals surface area contributed by atoms with E-state index in [0.29, 0.717) is 19.4 Å². The van der Waals surface area contributed by atoms with Crippen molar-refractivity contribution < 1.29 is 22.7 Å². The summed E-state index contributed by atoms with van der Waals surface area (Å²) < 4.78 is 28.6. The number of hydrogen-bond donors (Lipinski definition) is 1. The molecule has 1 aliphatic heterocycles. The third kappa shape index (κ3) is 5.00. The summed E-state index contributed by atoms with van der Waals surface area (Å²) in [6, 6.07) is 7.19. The predicted molar refractivity (Wildman–Crippen MR) is 103 cm³/mol. The molecule has 1 fully saturated rings. The van der Waals surface area contributed by atoms with Gasteiger partial charge < -0.3 is 15.0 Å². The number of carbonyl (C=O) groups excluding carboxylic acids is 2. The molecule has 2 rings (SSSR count). The molecule has 1 unspecified atom stereocenters. The second-order valence-corrected chi connectivity index (χ2v) is 9.64. The monoisotopic (exact) mass is 396 g/mol. The molecule has 0 saturated carbocycles. The lowest BCUT2D eigenvalue weighted by Crippen LogP contribution is -2.51. The molecule has 1 aromatic rings. The Kier molecular flexibility index (Phi) is 6.51. The van der Waals surface area contributed by atoms with Crippen LogP contribution in [0.5, 0.6) is 5.75 Å². The van der Waals surface area contributed by atoms with Crippen molar-refractivity contribution in [1.29, 1.82) is 0 Å². The zero-order chi connectivity index (χ0) is 20.2. The highest BCUT2D eigenvalue weighted by atomic mass is 32.2. The molecule has 0 radical (unpaired) electrons. The van der Waals surface area contributed by atoms with Gasteiger partial charge in [-0.05, 0) is 38.3 Å². The van der Waals surface area contributed by atoms with Gasteiger partial charge in [0.1, 0.15) is 11.2 Å². The Bertz CT molecular complexity index is 804. The lowest BCUT2D eigenvalue weighted by Gasteiger charge is -2.31. The van der Waals surface area contributed by atoms with Crippen LogP contribution in [0, 0.1) is 5.41 Å². The van der Waals surface area contributed by atoms with Gasteiger partial charge in [0, 0.05) is 19.6 Å². The van der Waals surface area contributed by atoms with Crippen molar-refractivity contribution in [2.45, 2.75) is 32.7 Å². The van der Waals surface area contributed by atoms with Gasteiger partial charge in [-0.15, -0.1) is 0 Å². The standard InChI is InChI=1S/C19H28N2O5S/c1-19(2,18(23)21(3)15-10-12-27(24,25)13-15)17(22)20-11-9-14-7-5-6-8-16(14)26-4/h5-8,15H,9-13H2,1-4H3,(H,20,22). The van der Waals surface area contributed by atoms with Crippen LogP contribution >= 0.6 is 0 Å². The molecule has 1 aromatic carbocycles. The second kappa shape index (κ2) is 8.29. The summed E-state index contributed by atoms with van der Waals surface area (Å²) in [4.78, 5) is 26.8. The van der Waals surface area contributed by atoms with Gasteiger partial charge in [-0.3, -0.25) is 9.59 Å². The minimum absolute atomic E-state index is 0.0409. The van der Waals surface area contributed by atoms with Crippen LogP contribution in [-0.2, 0) is 25.8 Å². The van der Waals surface area contributed by atoms with Gasteiger partial charge in [-0.2, -0.15) is 0 Å². The topological polar surface area (TPSA) is 92.8 Å². The summed E-state index contributed by atoms with van der Waals surface area (Å²) in [5, 5.41) is 2.81. The number of amides is 2. The first-order valence-corrected chi connectivity index (χ1v) is 10.8. The van der Waals surface area contributed by atoms with E-state index in [9.17, 15) is 18.0 Å². The van der Waals surface area contributed by atoms with Gasteiger partial charge in [0.25, 0.3) is 0 Å². The summed E-state index contributed by atoms with van der Waals surface area (Å²) in [7, 11) is 0.0652. The molecule has 1 N–H and O–H groups in total. The fraction of sp³-hybridized carbons (Fsp3) is 0.579. The van der Waals surface area contributed by atoms with Gasteiger partial charge in [0.05, 0.1) is 18.6 Å². The first kappa shape index (κ1) is 21.2. The van der Waals surface area contributed by atoms with Crippen LogP contribution in [-0.4, -0.2) is 63.4 Å². The number of carbonyl (C=O) groups is 2. The molecular weight excluding hydrogens is 368 g/mol. The third-order valence-electron chi connectivity index (χ3n) is 5.05. The van der Waals surface area contributed by atoms with Crippen LogP contribution < -0.4 is 10.1 Å². The average molecular weight is 397 g/mol. The highest BCUT2D eigenvalue weighted by Gasteiger charge is 2.42. The van der Waals surface area contributed by atoms with Crippen LogP contribution in [0.2, 0.25) is 0 Å². The van der Waals surface area contributed by atoms with Crippen molar-refractivity contribution in [2.75, 3.05) is 32.2 Å². The molecule has 2 amide bonds. The quantitative estimate of drug-likeness (QED) is 0.695. The van der Waals surface area contributed by atoms with Crippen molar-refractivity contribution in [3.05, 3.63) is 29.8 Å². The number of sulfone groups is 1. The Morgan fingerprint density at radius 2 is 1.96 bits per heavy atom. The molecule has 27 heavy (non-hydrogen) atoms. The van der Waals surface area contributed by atoms with Crippen molar-refractivity contribution >= 4 is 21.7 Å². The number of hydrogen-bond acceptors (Lipinski definition) is 5. The third-order valence-corrected chi connectivity index (χ3v) is 6.80. The average Bonchev–Trinajstić information content (AvgIpc) is 3.00. The Morgan fingerprint density at radius 1 is 1.30 bits per heavy atom. The maximum absolute atomic E-state index is 12.8. The largest absolute Gasteiger partial charge is 0.496 e. The zero-order valence-electron chi connectivity index (χ0n) is 16.3. The summed E-state index contributed by atoms with van der Waals surface area (Å²) in [6.45, 7) is 3.50. The summed E-state index contributed by atoms with van der Waals surface area (Å²) in [5.41, 5.74) is -0.306. The number of methoxy groups -OCH3 is 1. The van der Waals surface area contributed by atoms with E-state index in [4.69, 9.17) is 4.74 Å². The molecule has 1 atom stereocenters. The molecule has 7 nitrogen and oxygen atoms in total. The normalized spacial score (nSPS) is 18.7. The molecule has 0 aromatic heterocycles. The maximum Gasteiger partial charge on any atom is 0.237 e. The van der Waals surface area contributed by atoms with E-state index in [1.165, 1.54) is 4.90 Å². The minimum atomic E-state index is -3.10. The van der Waals surface area contributed by atoms with Crippen LogP contribution in [0.3, 0.4) is 0 Å². The van der Waals surface area contributed by atoms with Crippen LogP contribution in [0.1, 0.15) is 25.8 Å². The Morgan fingerprint density at radius 3 is 2.56 bits per heavy atom. The minimum Gasteiger partial charge on any atom is -0.496 e. The number of benzene rings is 1. The Labute approximate surface area is 161 Å². The van der Waals surface area contributed by atoms with E-state index in [0.717, 1.165) is 11.3 Å². The van der Waals surface area contributed by atoms with Crippen LogP contribution in [0.15, 0.2) is 24.3 Å². The fourth-order valence-corrected chi connectivity index (χ4v) is 5.00. The highest BCUT2D eigenvalue weighted by molar-refractivity contribution is 7.91.